The highest BCUT2D eigenvalue weighted by Gasteiger charge is 2.47. The molecule has 0 aromatic heterocycles. The molecule has 1 atom stereocenters. The van der Waals surface area contributed by atoms with Gasteiger partial charge in [0.1, 0.15) is 5.60 Å². The van der Waals surface area contributed by atoms with Crippen LogP contribution in [0.2, 0.25) is 0 Å². The van der Waals surface area contributed by atoms with Gasteiger partial charge in [-0.25, -0.2) is 0 Å². The molecule has 0 saturated carbocycles. The maximum Gasteiger partial charge on any atom is 0.416 e. The fourth-order valence-electron chi connectivity index (χ4n) is 2.70. The average Bonchev–Trinajstić information content (AvgIpc) is 2.31. The number of halogens is 3. The van der Waals surface area contributed by atoms with Crippen LogP contribution >= 0.6 is 11.8 Å². The SMILES string of the molecule is Cc1cc(C(F)(F)F)ccc1C1(O)CSCCC1(C)C. The summed E-state index contributed by atoms with van der Waals surface area (Å²) in [5, 5.41) is 11.0. The minimum Gasteiger partial charge on any atom is -0.384 e. The average molecular weight is 304 g/mol. The van der Waals surface area contributed by atoms with Crippen molar-refractivity contribution in [3.05, 3.63) is 34.9 Å². The van der Waals surface area contributed by atoms with Crippen molar-refractivity contribution in [3.63, 3.8) is 0 Å². The Bertz CT molecular complexity index is 510. The van der Waals surface area contributed by atoms with Gasteiger partial charge in [0.25, 0.3) is 0 Å². The van der Waals surface area contributed by atoms with Crippen molar-refractivity contribution in [2.45, 2.75) is 39.0 Å². The van der Waals surface area contributed by atoms with Gasteiger partial charge < -0.3 is 5.11 Å². The molecule has 1 aromatic rings. The number of hydrogen-bond acceptors (Lipinski definition) is 2. The Balaban J connectivity index is 2.47. The van der Waals surface area contributed by atoms with Crippen molar-refractivity contribution in [2.24, 2.45) is 5.41 Å². The first-order valence-corrected chi connectivity index (χ1v) is 7.72. The van der Waals surface area contributed by atoms with E-state index in [-0.39, 0.29) is 5.41 Å². The van der Waals surface area contributed by atoms with Crippen LogP contribution in [-0.2, 0) is 11.8 Å². The molecule has 0 radical (unpaired) electrons. The monoisotopic (exact) mass is 304 g/mol. The lowest BCUT2D eigenvalue weighted by atomic mass is 9.69. The maximum atomic E-state index is 12.7. The molecule has 1 aromatic carbocycles. The Labute approximate surface area is 121 Å². The first-order chi connectivity index (χ1) is 9.08. The third-order valence-corrected chi connectivity index (χ3v) is 5.42. The maximum absolute atomic E-state index is 12.7. The van der Waals surface area contributed by atoms with E-state index in [0.717, 1.165) is 24.3 Å². The van der Waals surface area contributed by atoms with Gasteiger partial charge in [-0.1, -0.05) is 19.9 Å². The van der Waals surface area contributed by atoms with Crippen LogP contribution < -0.4 is 0 Å². The van der Waals surface area contributed by atoms with Gasteiger partial charge in [0.15, 0.2) is 0 Å². The van der Waals surface area contributed by atoms with E-state index in [2.05, 4.69) is 0 Å². The summed E-state index contributed by atoms with van der Waals surface area (Å²) >= 11 is 1.65. The van der Waals surface area contributed by atoms with Crippen molar-refractivity contribution in [1.82, 2.24) is 0 Å². The van der Waals surface area contributed by atoms with Gasteiger partial charge in [-0.05, 0) is 47.8 Å². The van der Waals surface area contributed by atoms with E-state index in [1.807, 2.05) is 13.8 Å². The molecule has 5 heteroatoms. The Morgan fingerprint density at radius 2 is 1.90 bits per heavy atom. The molecular formula is C15H19F3OS. The smallest absolute Gasteiger partial charge is 0.384 e. The summed E-state index contributed by atoms with van der Waals surface area (Å²) < 4.78 is 38.2. The third kappa shape index (κ3) is 2.58. The zero-order valence-corrected chi connectivity index (χ0v) is 12.7. The van der Waals surface area contributed by atoms with E-state index in [9.17, 15) is 18.3 Å². The first-order valence-electron chi connectivity index (χ1n) is 6.56. The van der Waals surface area contributed by atoms with Crippen molar-refractivity contribution < 1.29 is 18.3 Å². The number of hydrogen-bond donors (Lipinski definition) is 1. The molecular weight excluding hydrogens is 285 g/mol. The molecule has 1 saturated heterocycles. The minimum absolute atomic E-state index is 0.344. The third-order valence-electron chi connectivity index (χ3n) is 4.30. The zero-order valence-electron chi connectivity index (χ0n) is 11.8. The fourth-order valence-corrected chi connectivity index (χ4v) is 4.34. The number of benzene rings is 1. The van der Waals surface area contributed by atoms with Crippen molar-refractivity contribution in [2.75, 3.05) is 11.5 Å². The first kappa shape index (κ1) is 15.7. The largest absolute Gasteiger partial charge is 0.416 e. The molecule has 1 heterocycles. The summed E-state index contributed by atoms with van der Waals surface area (Å²) in [5.74, 6) is 1.49. The lowest BCUT2D eigenvalue weighted by Gasteiger charge is -2.47. The van der Waals surface area contributed by atoms with Crippen LogP contribution in [0, 0.1) is 12.3 Å². The molecule has 2 rings (SSSR count). The van der Waals surface area contributed by atoms with E-state index >= 15 is 0 Å². The van der Waals surface area contributed by atoms with Crippen molar-refractivity contribution >= 4 is 11.8 Å². The van der Waals surface area contributed by atoms with Gasteiger partial charge in [0.2, 0.25) is 0 Å². The number of alkyl halides is 3. The summed E-state index contributed by atoms with van der Waals surface area (Å²) in [6, 6.07) is 3.63. The molecule has 1 aliphatic heterocycles. The molecule has 1 fully saturated rings. The molecule has 1 nitrogen and oxygen atoms in total. The van der Waals surface area contributed by atoms with Crippen LogP contribution in [0.4, 0.5) is 13.2 Å². The Hall–Kier alpha value is -0.680. The highest BCUT2D eigenvalue weighted by molar-refractivity contribution is 7.99. The predicted molar refractivity (Wildman–Crippen MR) is 75.8 cm³/mol. The van der Waals surface area contributed by atoms with E-state index < -0.39 is 17.3 Å². The van der Waals surface area contributed by atoms with Gasteiger partial charge in [0.05, 0.1) is 5.56 Å². The van der Waals surface area contributed by atoms with E-state index in [4.69, 9.17) is 0 Å². The molecule has 112 valence electrons. The summed E-state index contributed by atoms with van der Waals surface area (Å²) in [6.45, 7) is 5.59. The molecule has 0 bridgehead atoms. The number of aryl methyl sites for hydroxylation is 1. The number of aliphatic hydroxyl groups is 1. The topological polar surface area (TPSA) is 20.2 Å². The van der Waals surface area contributed by atoms with Gasteiger partial charge >= 0.3 is 6.18 Å². The summed E-state index contributed by atoms with van der Waals surface area (Å²) in [4.78, 5) is 0. The van der Waals surface area contributed by atoms with Gasteiger partial charge in [-0.2, -0.15) is 24.9 Å². The number of thioether (sulfide) groups is 1. The lowest BCUT2D eigenvalue weighted by Crippen LogP contribution is -2.47. The van der Waals surface area contributed by atoms with Crippen molar-refractivity contribution in [3.8, 4) is 0 Å². The van der Waals surface area contributed by atoms with Gasteiger partial charge in [-0.15, -0.1) is 0 Å². The van der Waals surface area contributed by atoms with E-state index in [1.54, 1.807) is 18.7 Å². The standard InChI is InChI=1S/C15H19F3OS/c1-10-8-11(15(16,17)18)4-5-12(10)14(19)9-20-7-6-13(14,2)3/h4-5,8,19H,6-7,9H2,1-3H3. The second-order valence-electron chi connectivity index (χ2n) is 6.07. The summed E-state index contributed by atoms with van der Waals surface area (Å²) in [6.07, 6.45) is -3.50. The zero-order chi connectivity index (χ0) is 15.2. The van der Waals surface area contributed by atoms with Crippen LogP contribution in [0.25, 0.3) is 0 Å². The van der Waals surface area contributed by atoms with Crippen LogP contribution in [0.15, 0.2) is 18.2 Å². The van der Waals surface area contributed by atoms with Crippen LogP contribution in [0.1, 0.15) is 37.0 Å². The summed E-state index contributed by atoms with van der Waals surface area (Å²) in [7, 11) is 0. The predicted octanol–water partition coefficient (Wildman–Crippen LogP) is 4.36. The van der Waals surface area contributed by atoms with Gasteiger partial charge in [0, 0.05) is 5.75 Å². The Morgan fingerprint density at radius 3 is 2.40 bits per heavy atom. The van der Waals surface area contributed by atoms with Crippen LogP contribution in [0.5, 0.6) is 0 Å². The Kier molecular flexibility index (Phi) is 3.89. The lowest BCUT2D eigenvalue weighted by molar-refractivity contribution is -0.137. The normalized spacial score (nSPS) is 26.6. The van der Waals surface area contributed by atoms with Gasteiger partial charge in [-0.3, -0.25) is 0 Å². The molecule has 0 spiro atoms. The molecule has 20 heavy (non-hydrogen) atoms. The quantitative estimate of drug-likeness (QED) is 0.831. The number of rotatable bonds is 1. The molecule has 1 unspecified atom stereocenters. The molecule has 0 amide bonds. The second kappa shape index (κ2) is 4.95. The fraction of sp³-hybridized carbons (Fsp3) is 0.600. The van der Waals surface area contributed by atoms with E-state index in [1.165, 1.54) is 6.07 Å². The molecule has 1 N–H and O–H groups in total. The molecule has 0 aliphatic carbocycles. The van der Waals surface area contributed by atoms with Crippen LogP contribution in [-0.4, -0.2) is 16.6 Å². The van der Waals surface area contributed by atoms with Crippen molar-refractivity contribution in [1.29, 1.82) is 0 Å². The second-order valence-corrected chi connectivity index (χ2v) is 7.18. The van der Waals surface area contributed by atoms with Crippen LogP contribution in [0.3, 0.4) is 0 Å². The summed E-state index contributed by atoms with van der Waals surface area (Å²) in [5.41, 5.74) is -0.975. The Morgan fingerprint density at radius 1 is 1.25 bits per heavy atom. The highest BCUT2D eigenvalue weighted by atomic mass is 32.2. The highest BCUT2D eigenvalue weighted by Crippen LogP contribution is 2.49. The minimum atomic E-state index is -4.34. The van der Waals surface area contributed by atoms with E-state index in [0.29, 0.717) is 16.9 Å². The molecule has 1 aliphatic rings.